The van der Waals surface area contributed by atoms with Gasteiger partial charge < -0.3 is 14.7 Å². The molecule has 0 spiro atoms. The summed E-state index contributed by atoms with van der Waals surface area (Å²) in [6.07, 6.45) is 2.07. The van der Waals surface area contributed by atoms with E-state index in [-0.39, 0.29) is 5.56 Å². The molecule has 0 bridgehead atoms. The summed E-state index contributed by atoms with van der Waals surface area (Å²) in [6.45, 7) is 5.40. The number of halogens is 1. The number of piperidine rings is 1. The average molecular weight is 537 g/mol. The van der Waals surface area contributed by atoms with Gasteiger partial charge in [0, 0.05) is 16.9 Å². The smallest absolute Gasteiger partial charge is 0.335 e. The van der Waals surface area contributed by atoms with Crippen molar-refractivity contribution in [1.29, 1.82) is 0 Å². The third-order valence-corrected chi connectivity index (χ3v) is 6.60. The van der Waals surface area contributed by atoms with Gasteiger partial charge in [0.05, 0.1) is 11.3 Å². The zero-order chi connectivity index (χ0) is 24.6. The Morgan fingerprint density at radius 1 is 0.943 bits per heavy atom. The number of rotatable bonds is 9. The highest BCUT2D eigenvalue weighted by Gasteiger charge is 2.25. The molecule has 0 radical (unpaired) electrons. The van der Waals surface area contributed by atoms with E-state index < -0.39 is 5.97 Å². The highest BCUT2D eigenvalue weighted by Crippen LogP contribution is 2.26. The largest absolute Gasteiger partial charge is 0.478 e. The van der Waals surface area contributed by atoms with Crippen LogP contribution in [0.4, 0.5) is 0 Å². The minimum absolute atomic E-state index is 0.240. The molecule has 35 heavy (non-hydrogen) atoms. The minimum atomic E-state index is -0.948. The number of nitrogens with zero attached hydrogens (tertiary/aromatic N) is 2. The van der Waals surface area contributed by atoms with Gasteiger partial charge in [-0.25, -0.2) is 4.79 Å². The second kappa shape index (κ2) is 12.0. The first-order chi connectivity index (χ1) is 17.0. The van der Waals surface area contributed by atoms with E-state index in [0.717, 1.165) is 54.0 Å². The summed E-state index contributed by atoms with van der Waals surface area (Å²) in [5, 5.41) is 13.5. The lowest BCUT2D eigenvalue weighted by molar-refractivity contribution is 0.0697. The van der Waals surface area contributed by atoms with Crippen molar-refractivity contribution in [2.24, 2.45) is 11.1 Å². The number of oxime groups is 1. The normalized spacial score (nSPS) is 15.1. The number of likely N-dealkylation sites (tertiary alicyclic amines) is 1. The molecule has 4 rings (SSSR count). The first-order valence-corrected chi connectivity index (χ1v) is 12.6. The SMILES string of the molecule is CCO/N=C(\c1ccc(Br)cc1)C1CCN(Cc2ccc(Oc3ccc(C(=O)O)cc3)cc2)CC1. The summed E-state index contributed by atoms with van der Waals surface area (Å²) in [5.74, 6) is 0.764. The Kier molecular flexibility index (Phi) is 8.55. The Hall–Kier alpha value is -3.16. The summed E-state index contributed by atoms with van der Waals surface area (Å²) in [4.78, 5) is 18.9. The molecule has 0 atom stereocenters. The van der Waals surface area contributed by atoms with Gasteiger partial charge in [-0.05, 0) is 92.5 Å². The molecule has 0 saturated carbocycles. The second-order valence-corrected chi connectivity index (χ2v) is 9.44. The maximum Gasteiger partial charge on any atom is 0.335 e. The molecule has 1 aliphatic heterocycles. The molecule has 3 aromatic carbocycles. The Bertz CT molecular complexity index is 1140. The number of carboxylic acids is 1. The summed E-state index contributed by atoms with van der Waals surface area (Å²) in [5.41, 5.74) is 3.63. The quantitative estimate of drug-likeness (QED) is 0.246. The molecule has 1 fully saturated rings. The Balaban J connectivity index is 1.31. The van der Waals surface area contributed by atoms with E-state index in [2.05, 4.69) is 50.3 Å². The molecule has 182 valence electrons. The standard InChI is InChI=1S/C28H29BrN2O4/c1-2-34-30-27(21-5-9-24(29)10-6-21)22-15-17-31(18-16-22)19-20-3-11-25(12-4-20)35-26-13-7-23(8-14-26)28(32)33/h3-14,22H,2,15-19H2,1H3,(H,32,33)/b30-27+. The van der Waals surface area contributed by atoms with Gasteiger partial charge in [-0.15, -0.1) is 0 Å². The van der Waals surface area contributed by atoms with Crippen molar-refractivity contribution < 1.29 is 19.5 Å². The van der Waals surface area contributed by atoms with E-state index in [1.807, 2.05) is 31.2 Å². The lowest BCUT2D eigenvalue weighted by Gasteiger charge is -2.32. The molecule has 1 N–H and O–H groups in total. The fourth-order valence-corrected chi connectivity index (χ4v) is 4.47. The highest BCUT2D eigenvalue weighted by atomic mass is 79.9. The molecule has 0 amide bonds. The maximum atomic E-state index is 11.0. The molecule has 0 aliphatic carbocycles. The van der Waals surface area contributed by atoms with Crippen LogP contribution >= 0.6 is 15.9 Å². The van der Waals surface area contributed by atoms with Gasteiger partial charge in [0.25, 0.3) is 0 Å². The van der Waals surface area contributed by atoms with Crippen molar-refractivity contribution in [3.05, 3.63) is 94.0 Å². The first-order valence-electron chi connectivity index (χ1n) is 11.8. The van der Waals surface area contributed by atoms with E-state index in [0.29, 0.717) is 18.3 Å². The fourth-order valence-electron chi connectivity index (χ4n) is 4.20. The number of hydrogen-bond donors (Lipinski definition) is 1. The summed E-state index contributed by atoms with van der Waals surface area (Å²) < 4.78 is 6.90. The maximum absolute atomic E-state index is 11.0. The van der Waals surface area contributed by atoms with Crippen molar-refractivity contribution in [3.63, 3.8) is 0 Å². The van der Waals surface area contributed by atoms with Gasteiger partial charge in [-0.3, -0.25) is 4.90 Å². The van der Waals surface area contributed by atoms with Crippen LogP contribution < -0.4 is 4.74 Å². The van der Waals surface area contributed by atoms with E-state index >= 15 is 0 Å². The predicted octanol–water partition coefficient (Wildman–Crippen LogP) is 6.59. The van der Waals surface area contributed by atoms with Gasteiger partial charge >= 0.3 is 5.97 Å². The van der Waals surface area contributed by atoms with E-state index in [9.17, 15) is 4.79 Å². The molecule has 1 saturated heterocycles. The minimum Gasteiger partial charge on any atom is -0.478 e. The van der Waals surface area contributed by atoms with Crippen molar-refractivity contribution in [2.45, 2.75) is 26.3 Å². The van der Waals surface area contributed by atoms with Gasteiger partial charge in [0.15, 0.2) is 0 Å². The third kappa shape index (κ3) is 6.93. The Morgan fingerprint density at radius 3 is 2.09 bits per heavy atom. The van der Waals surface area contributed by atoms with Gasteiger partial charge in [0.1, 0.15) is 18.1 Å². The van der Waals surface area contributed by atoms with E-state index in [1.54, 1.807) is 12.1 Å². The summed E-state index contributed by atoms with van der Waals surface area (Å²) >= 11 is 3.51. The molecule has 7 heteroatoms. The number of aromatic carboxylic acids is 1. The van der Waals surface area contributed by atoms with Crippen LogP contribution in [-0.4, -0.2) is 41.4 Å². The van der Waals surface area contributed by atoms with Crippen LogP contribution in [0.2, 0.25) is 0 Å². The van der Waals surface area contributed by atoms with Gasteiger partial charge in [0.2, 0.25) is 0 Å². The molecule has 1 heterocycles. The monoisotopic (exact) mass is 536 g/mol. The summed E-state index contributed by atoms with van der Waals surface area (Å²) in [7, 11) is 0. The van der Waals surface area contributed by atoms with Crippen LogP contribution in [0.25, 0.3) is 0 Å². The summed E-state index contributed by atoms with van der Waals surface area (Å²) in [6, 6.07) is 22.8. The van der Waals surface area contributed by atoms with Crippen LogP contribution in [-0.2, 0) is 11.4 Å². The highest BCUT2D eigenvalue weighted by molar-refractivity contribution is 9.10. The van der Waals surface area contributed by atoms with Crippen LogP contribution in [0.3, 0.4) is 0 Å². The number of carbonyl (C=O) groups is 1. The number of ether oxygens (including phenoxy) is 1. The topological polar surface area (TPSA) is 71.4 Å². The second-order valence-electron chi connectivity index (χ2n) is 8.53. The van der Waals surface area contributed by atoms with Crippen LogP contribution in [0.15, 0.2) is 82.4 Å². The zero-order valence-corrected chi connectivity index (χ0v) is 21.3. The molecule has 0 unspecified atom stereocenters. The average Bonchev–Trinajstić information content (AvgIpc) is 2.88. The first kappa shape index (κ1) is 24.9. The Morgan fingerprint density at radius 2 is 1.51 bits per heavy atom. The zero-order valence-electron chi connectivity index (χ0n) is 19.7. The third-order valence-electron chi connectivity index (χ3n) is 6.07. The van der Waals surface area contributed by atoms with Crippen molar-refractivity contribution in [3.8, 4) is 11.5 Å². The van der Waals surface area contributed by atoms with Crippen LogP contribution in [0, 0.1) is 5.92 Å². The number of benzene rings is 3. The number of hydrogen-bond acceptors (Lipinski definition) is 5. The van der Waals surface area contributed by atoms with Crippen molar-refractivity contribution >= 4 is 27.6 Å². The van der Waals surface area contributed by atoms with Crippen molar-refractivity contribution in [2.75, 3.05) is 19.7 Å². The van der Waals surface area contributed by atoms with Gasteiger partial charge in [-0.1, -0.05) is 45.4 Å². The van der Waals surface area contributed by atoms with Gasteiger partial charge in [-0.2, -0.15) is 0 Å². The Labute approximate surface area is 214 Å². The molecule has 3 aromatic rings. The molecule has 0 aromatic heterocycles. The fraction of sp³-hybridized carbons (Fsp3) is 0.286. The molecule has 1 aliphatic rings. The number of carboxylic acid groups (broad SMARTS) is 1. The van der Waals surface area contributed by atoms with E-state index in [4.69, 9.17) is 14.7 Å². The van der Waals surface area contributed by atoms with Crippen LogP contribution in [0.1, 0.15) is 41.3 Å². The van der Waals surface area contributed by atoms with E-state index in [1.165, 1.54) is 17.7 Å². The predicted molar refractivity (Wildman–Crippen MR) is 140 cm³/mol. The molecule has 6 nitrogen and oxygen atoms in total. The lowest BCUT2D eigenvalue weighted by Crippen LogP contribution is -2.36. The molecular formula is C28H29BrN2O4. The van der Waals surface area contributed by atoms with Crippen LogP contribution in [0.5, 0.6) is 11.5 Å². The molecular weight excluding hydrogens is 508 g/mol. The van der Waals surface area contributed by atoms with Crippen molar-refractivity contribution in [1.82, 2.24) is 4.90 Å². The lowest BCUT2D eigenvalue weighted by atomic mass is 9.88.